The Morgan fingerprint density at radius 2 is 1.78 bits per heavy atom. The number of fused-ring (bicyclic) bond motifs is 5. The molecule has 0 saturated heterocycles. The number of carbonyl (C=O) groups is 1. The Bertz CT molecular complexity index is 627. The number of amides is 1. The van der Waals surface area contributed by atoms with Gasteiger partial charge in [-0.2, -0.15) is 0 Å². The lowest BCUT2D eigenvalue weighted by Crippen LogP contribution is -2.43. The lowest BCUT2D eigenvalue weighted by molar-refractivity contribution is -0.123. The van der Waals surface area contributed by atoms with Gasteiger partial charge in [-0.15, -0.1) is 0 Å². The highest BCUT2D eigenvalue weighted by Crippen LogP contribution is 2.59. The standard InChI is InChI=1S/C20H24FNO/c21-13-6-4-11(5-7-13)16-10-18(16)20(23)22-19-9-12-8-17(19)15-3-1-2-14(12)15/h4-7,12,14-19H,1-3,8-10H2,(H,22,23). The van der Waals surface area contributed by atoms with Gasteiger partial charge in [-0.1, -0.05) is 18.6 Å². The van der Waals surface area contributed by atoms with Crippen molar-refractivity contribution in [2.45, 2.75) is 50.5 Å². The van der Waals surface area contributed by atoms with Crippen molar-refractivity contribution in [1.82, 2.24) is 5.32 Å². The minimum absolute atomic E-state index is 0.110. The van der Waals surface area contributed by atoms with Crippen LogP contribution in [0, 0.1) is 35.4 Å². The maximum atomic E-state index is 13.0. The zero-order valence-corrected chi connectivity index (χ0v) is 13.4. The van der Waals surface area contributed by atoms with Gasteiger partial charge in [-0.25, -0.2) is 4.39 Å². The Labute approximate surface area is 136 Å². The third kappa shape index (κ3) is 2.23. The Morgan fingerprint density at radius 1 is 1.00 bits per heavy atom. The molecule has 0 spiro atoms. The highest BCUT2D eigenvalue weighted by Gasteiger charge is 2.55. The van der Waals surface area contributed by atoms with E-state index < -0.39 is 0 Å². The number of benzene rings is 1. The van der Waals surface area contributed by atoms with Gasteiger partial charge in [-0.3, -0.25) is 4.79 Å². The van der Waals surface area contributed by atoms with E-state index in [0.717, 1.165) is 35.7 Å². The van der Waals surface area contributed by atoms with Crippen LogP contribution in [0.15, 0.2) is 24.3 Å². The van der Waals surface area contributed by atoms with Gasteiger partial charge in [0.05, 0.1) is 0 Å². The molecule has 2 nitrogen and oxygen atoms in total. The molecule has 122 valence electrons. The van der Waals surface area contributed by atoms with E-state index in [1.807, 2.05) is 12.1 Å². The van der Waals surface area contributed by atoms with Crippen LogP contribution < -0.4 is 5.32 Å². The molecule has 0 heterocycles. The zero-order chi connectivity index (χ0) is 15.6. The fourth-order valence-electron chi connectivity index (χ4n) is 6.09. The first-order valence-electron chi connectivity index (χ1n) is 9.26. The smallest absolute Gasteiger partial charge is 0.223 e. The van der Waals surface area contributed by atoms with E-state index >= 15 is 0 Å². The quantitative estimate of drug-likeness (QED) is 0.902. The molecule has 0 radical (unpaired) electrons. The monoisotopic (exact) mass is 313 g/mol. The average Bonchev–Trinajstić information content (AvgIpc) is 2.89. The predicted octanol–water partition coefficient (Wildman–Crippen LogP) is 3.87. The van der Waals surface area contributed by atoms with Crippen LogP contribution in [0.1, 0.15) is 50.0 Å². The summed E-state index contributed by atoms with van der Waals surface area (Å²) in [7, 11) is 0. The molecule has 7 unspecified atom stereocenters. The molecule has 1 amide bonds. The molecule has 0 aliphatic heterocycles. The fourth-order valence-corrected chi connectivity index (χ4v) is 6.09. The van der Waals surface area contributed by atoms with Gasteiger partial charge in [0, 0.05) is 12.0 Å². The van der Waals surface area contributed by atoms with Gasteiger partial charge in [-0.05, 0) is 79.4 Å². The van der Waals surface area contributed by atoms with Crippen molar-refractivity contribution >= 4 is 5.91 Å². The van der Waals surface area contributed by atoms with Crippen molar-refractivity contribution in [3.05, 3.63) is 35.6 Å². The molecule has 4 aliphatic rings. The molecule has 4 saturated carbocycles. The minimum atomic E-state index is -0.205. The van der Waals surface area contributed by atoms with Gasteiger partial charge in [0.15, 0.2) is 0 Å². The third-order valence-corrected chi connectivity index (χ3v) is 7.18. The molecule has 1 N–H and O–H groups in total. The average molecular weight is 313 g/mol. The van der Waals surface area contributed by atoms with Crippen molar-refractivity contribution in [3.8, 4) is 0 Å². The number of carbonyl (C=O) groups excluding carboxylic acids is 1. The van der Waals surface area contributed by atoms with E-state index in [0.29, 0.717) is 12.0 Å². The van der Waals surface area contributed by atoms with Crippen LogP contribution in [-0.2, 0) is 4.79 Å². The van der Waals surface area contributed by atoms with Crippen LogP contribution in [-0.4, -0.2) is 11.9 Å². The summed E-state index contributed by atoms with van der Waals surface area (Å²) >= 11 is 0. The minimum Gasteiger partial charge on any atom is -0.353 e. The van der Waals surface area contributed by atoms with Gasteiger partial charge < -0.3 is 5.32 Å². The maximum absolute atomic E-state index is 13.0. The van der Waals surface area contributed by atoms with Gasteiger partial charge in [0.2, 0.25) is 5.91 Å². The molecular weight excluding hydrogens is 289 g/mol. The summed E-state index contributed by atoms with van der Waals surface area (Å²) in [6.45, 7) is 0. The van der Waals surface area contributed by atoms with E-state index in [1.165, 1.54) is 44.2 Å². The topological polar surface area (TPSA) is 29.1 Å². The highest BCUT2D eigenvalue weighted by molar-refractivity contribution is 5.83. The molecule has 2 bridgehead atoms. The Hall–Kier alpha value is -1.38. The molecule has 3 heteroatoms. The first-order chi connectivity index (χ1) is 11.2. The van der Waals surface area contributed by atoms with Gasteiger partial charge in [0.25, 0.3) is 0 Å². The number of rotatable bonds is 3. The second-order valence-electron chi connectivity index (χ2n) is 8.27. The molecule has 4 aliphatic carbocycles. The summed E-state index contributed by atoms with van der Waals surface area (Å²) in [5.41, 5.74) is 1.11. The summed E-state index contributed by atoms with van der Waals surface area (Å²) in [5, 5.41) is 3.38. The molecule has 7 atom stereocenters. The number of halogens is 1. The fraction of sp³-hybridized carbons (Fsp3) is 0.650. The van der Waals surface area contributed by atoms with Crippen LogP contribution in [0.3, 0.4) is 0 Å². The Kier molecular flexibility index (Phi) is 3.08. The van der Waals surface area contributed by atoms with Crippen LogP contribution >= 0.6 is 0 Å². The van der Waals surface area contributed by atoms with E-state index in [1.54, 1.807) is 0 Å². The predicted molar refractivity (Wildman–Crippen MR) is 86.2 cm³/mol. The van der Waals surface area contributed by atoms with Crippen LogP contribution in [0.25, 0.3) is 0 Å². The first-order valence-corrected chi connectivity index (χ1v) is 9.26. The second kappa shape index (κ2) is 5.06. The second-order valence-corrected chi connectivity index (χ2v) is 8.27. The van der Waals surface area contributed by atoms with Crippen molar-refractivity contribution in [1.29, 1.82) is 0 Å². The summed E-state index contributed by atoms with van der Waals surface area (Å²) in [5.74, 6) is 3.94. The van der Waals surface area contributed by atoms with E-state index in [9.17, 15) is 9.18 Å². The number of nitrogens with one attached hydrogen (secondary N) is 1. The molecule has 23 heavy (non-hydrogen) atoms. The summed E-state index contributed by atoms with van der Waals surface area (Å²) in [4.78, 5) is 12.6. The Balaban J connectivity index is 1.21. The van der Waals surface area contributed by atoms with Crippen molar-refractivity contribution in [3.63, 3.8) is 0 Å². The SMILES string of the molecule is O=C(NC1CC2CC1C1CCCC21)C1CC1c1ccc(F)cc1. The van der Waals surface area contributed by atoms with Crippen LogP contribution in [0.5, 0.6) is 0 Å². The largest absolute Gasteiger partial charge is 0.353 e. The lowest BCUT2D eigenvalue weighted by Gasteiger charge is -2.32. The van der Waals surface area contributed by atoms with E-state index in [-0.39, 0.29) is 17.6 Å². The zero-order valence-electron chi connectivity index (χ0n) is 13.4. The molecule has 0 aromatic heterocycles. The van der Waals surface area contributed by atoms with Crippen molar-refractivity contribution in [2.24, 2.45) is 29.6 Å². The molecule has 5 rings (SSSR count). The van der Waals surface area contributed by atoms with Crippen molar-refractivity contribution < 1.29 is 9.18 Å². The van der Waals surface area contributed by atoms with Crippen molar-refractivity contribution in [2.75, 3.05) is 0 Å². The van der Waals surface area contributed by atoms with Gasteiger partial charge in [0.1, 0.15) is 5.82 Å². The Morgan fingerprint density at radius 3 is 2.61 bits per heavy atom. The van der Waals surface area contributed by atoms with Gasteiger partial charge >= 0.3 is 0 Å². The first kappa shape index (κ1) is 14.0. The summed E-state index contributed by atoms with van der Waals surface area (Å²) in [6.07, 6.45) is 7.71. The molecule has 1 aromatic rings. The molecular formula is C20H24FNO. The maximum Gasteiger partial charge on any atom is 0.223 e. The van der Waals surface area contributed by atoms with E-state index in [4.69, 9.17) is 0 Å². The number of hydrogen-bond donors (Lipinski definition) is 1. The summed E-state index contributed by atoms with van der Waals surface area (Å²) < 4.78 is 13.0. The summed E-state index contributed by atoms with van der Waals surface area (Å²) in [6, 6.07) is 7.08. The van der Waals surface area contributed by atoms with Crippen LogP contribution in [0.2, 0.25) is 0 Å². The van der Waals surface area contributed by atoms with E-state index in [2.05, 4.69) is 5.32 Å². The molecule has 4 fully saturated rings. The highest BCUT2D eigenvalue weighted by atomic mass is 19.1. The molecule has 1 aromatic carbocycles. The third-order valence-electron chi connectivity index (χ3n) is 7.18. The number of hydrogen-bond acceptors (Lipinski definition) is 1. The normalized spacial score (nSPS) is 43.4. The van der Waals surface area contributed by atoms with Crippen LogP contribution in [0.4, 0.5) is 4.39 Å². The lowest BCUT2D eigenvalue weighted by atomic mass is 9.79.